The average Bonchev–Trinajstić information content (AvgIpc) is 3.00. The summed E-state index contributed by atoms with van der Waals surface area (Å²) in [5.41, 5.74) is 2.16. The summed E-state index contributed by atoms with van der Waals surface area (Å²) in [5.74, 6) is 0.683. The molecule has 1 aliphatic carbocycles. The molecule has 0 aromatic heterocycles. The predicted molar refractivity (Wildman–Crippen MR) is 179 cm³/mol. The number of para-hydroxylation sites is 3. The smallest absolute Gasteiger partial charge is 0.124 e. The van der Waals surface area contributed by atoms with Crippen LogP contribution in [0.15, 0.2) is 117 Å². The molecule has 3 aromatic rings. The third kappa shape index (κ3) is 17.0. The van der Waals surface area contributed by atoms with E-state index >= 15 is 0 Å². The first-order valence-corrected chi connectivity index (χ1v) is 13.9. The molecule has 2 radical (unpaired) electrons. The van der Waals surface area contributed by atoms with E-state index in [-0.39, 0.29) is 68.3 Å². The number of phenolic OH excluding ortho intramolecular Hbond substituents is 3. The van der Waals surface area contributed by atoms with Crippen LogP contribution >= 0.6 is 0 Å². The van der Waals surface area contributed by atoms with Gasteiger partial charge in [0.1, 0.15) is 17.2 Å². The van der Waals surface area contributed by atoms with Gasteiger partial charge in [0.05, 0.1) is 6.10 Å². The van der Waals surface area contributed by atoms with Gasteiger partial charge in [-0.15, -0.1) is 0 Å². The molecule has 12 heteroatoms. The minimum Gasteiger partial charge on any atom is -0.507 e. The number of aliphatic hydroxyl groups is 1. The van der Waals surface area contributed by atoms with Crippen molar-refractivity contribution in [1.82, 2.24) is 0 Å². The molecule has 8 N–H and O–H groups in total. The maximum absolute atomic E-state index is 9.69. The second-order valence-corrected chi connectivity index (χ2v) is 9.38. The first-order valence-electron chi connectivity index (χ1n) is 13.9. The number of hydrogen-bond acceptors (Lipinski definition) is 8. The van der Waals surface area contributed by atoms with Crippen LogP contribution in [-0.2, 0) is 34.1 Å². The van der Waals surface area contributed by atoms with Crippen molar-refractivity contribution >= 4 is 24.9 Å². The zero-order chi connectivity index (χ0) is 29.8. The summed E-state index contributed by atoms with van der Waals surface area (Å²) < 4.78 is 0. The van der Waals surface area contributed by atoms with Crippen LogP contribution in [0.25, 0.3) is 0 Å². The molecule has 0 spiro atoms. The Labute approximate surface area is 291 Å². The van der Waals surface area contributed by atoms with Crippen molar-refractivity contribution in [3.8, 4) is 17.2 Å². The molecule has 0 aliphatic heterocycles. The van der Waals surface area contributed by atoms with E-state index in [1.54, 1.807) is 67.3 Å². The molecule has 1 aliphatic rings. The molecule has 10 nitrogen and oxygen atoms in total. The number of rotatable bonds is 12. The normalized spacial score (nSPS) is 15.1. The number of aromatic hydroxyl groups is 3. The maximum atomic E-state index is 9.69. The van der Waals surface area contributed by atoms with E-state index in [0.717, 1.165) is 29.5 Å². The molecule has 0 saturated carbocycles. The van der Waals surface area contributed by atoms with Crippen molar-refractivity contribution in [2.45, 2.75) is 18.9 Å². The second-order valence-electron chi connectivity index (χ2n) is 9.38. The Morgan fingerprint density at radius 1 is 0.522 bits per heavy atom. The van der Waals surface area contributed by atoms with Gasteiger partial charge in [0.25, 0.3) is 0 Å². The number of phenols is 3. The fourth-order valence-electron chi connectivity index (χ4n) is 3.73. The molecule has 2 unspecified atom stereocenters. The van der Waals surface area contributed by atoms with Crippen molar-refractivity contribution in [2.75, 3.05) is 26.2 Å². The molecule has 4 rings (SSSR count). The zero-order valence-corrected chi connectivity index (χ0v) is 27.6. The van der Waals surface area contributed by atoms with Crippen molar-refractivity contribution in [3.63, 3.8) is 0 Å². The van der Waals surface area contributed by atoms with Gasteiger partial charge in [-0.3, -0.25) is 20.0 Å². The number of allylic oxidation sites excluding steroid dienone is 2. The molecule has 0 amide bonds. The van der Waals surface area contributed by atoms with E-state index in [9.17, 15) is 20.4 Å². The number of benzene rings is 3. The van der Waals surface area contributed by atoms with Crippen LogP contribution in [0.5, 0.6) is 17.2 Å². The van der Waals surface area contributed by atoms with Gasteiger partial charge in [-0.1, -0.05) is 60.7 Å². The van der Waals surface area contributed by atoms with Crippen molar-refractivity contribution in [2.24, 2.45) is 25.9 Å². The Kier molecular flexibility index (Phi) is 25.4. The summed E-state index contributed by atoms with van der Waals surface area (Å²) in [7, 11) is 0. The number of aliphatic imine (C=N–C) groups is 4. The Morgan fingerprint density at radius 3 is 1.24 bits per heavy atom. The minimum absolute atomic E-state index is 0. The number of hydrogen-bond donors (Lipinski definition) is 4. The van der Waals surface area contributed by atoms with Crippen molar-refractivity contribution < 1.29 is 65.5 Å². The quantitative estimate of drug-likeness (QED) is 0.126. The monoisotopic (exact) mass is 712 g/mol. The van der Waals surface area contributed by atoms with E-state index in [4.69, 9.17) is 0 Å². The van der Waals surface area contributed by atoms with E-state index in [2.05, 4.69) is 20.0 Å². The third-order valence-corrected chi connectivity index (χ3v) is 6.07. The molecule has 0 saturated heterocycles. The molecule has 248 valence electrons. The fourth-order valence-corrected chi connectivity index (χ4v) is 3.73. The van der Waals surface area contributed by atoms with Gasteiger partial charge in [-0.2, -0.15) is 0 Å². The fraction of sp³-hybridized carbons (Fsp3) is 0.235. The molecule has 3 aromatic carbocycles. The SMILES string of the molecule is O.O.Oc1ccccc1C=NCCCN=CC1C=CC=CC1O.Oc1ccccc1C=NCCCN=Cc1ccccc1O.[Mn].[Mn]. The van der Waals surface area contributed by atoms with Gasteiger partial charge in [-0.05, 0) is 49.2 Å². The number of nitrogens with zero attached hydrogens (tertiary/aromatic N) is 4. The van der Waals surface area contributed by atoms with Gasteiger partial charge in [0.2, 0.25) is 0 Å². The predicted octanol–water partition coefficient (Wildman–Crippen LogP) is 3.75. The van der Waals surface area contributed by atoms with Crippen LogP contribution in [0, 0.1) is 5.92 Å². The van der Waals surface area contributed by atoms with Crippen LogP contribution in [0.1, 0.15) is 29.5 Å². The standard InChI is InChI=1S/C17H20N2O2.C17H18N2O2.2Mn.2H2O/c2*20-16-8-3-1-6-14(16)12-18-10-5-11-19-13-15-7-2-4-9-17(15)21;;;;/h1-4,6-9,12-14,16,20-21H,5,10-11H2;1-4,6-9,12-13,20-21H,5,10-11H2;;;2*1H2. The topological polar surface area (TPSA) is 193 Å². The van der Waals surface area contributed by atoms with E-state index in [0.29, 0.717) is 26.2 Å². The first kappa shape index (κ1) is 44.3. The Balaban J connectivity index is 0. The van der Waals surface area contributed by atoms with Crippen LogP contribution < -0.4 is 0 Å². The van der Waals surface area contributed by atoms with E-state index in [1.807, 2.05) is 54.6 Å². The largest absolute Gasteiger partial charge is 0.507 e. The van der Waals surface area contributed by atoms with Crippen molar-refractivity contribution in [3.05, 3.63) is 114 Å². The van der Waals surface area contributed by atoms with Gasteiger partial charge < -0.3 is 31.4 Å². The average molecular weight is 713 g/mol. The maximum Gasteiger partial charge on any atom is 0.124 e. The summed E-state index contributed by atoms with van der Waals surface area (Å²) >= 11 is 0. The summed E-state index contributed by atoms with van der Waals surface area (Å²) in [4.78, 5) is 17.1. The van der Waals surface area contributed by atoms with Crippen LogP contribution in [0.3, 0.4) is 0 Å². The van der Waals surface area contributed by atoms with Crippen LogP contribution in [-0.4, -0.2) is 88.5 Å². The van der Waals surface area contributed by atoms with Crippen LogP contribution in [0.4, 0.5) is 0 Å². The molecule has 0 fully saturated rings. The Hall–Kier alpha value is -3.86. The number of aliphatic hydroxyl groups excluding tert-OH is 1. The zero-order valence-electron chi connectivity index (χ0n) is 25.3. The summed E-state index contributed by atoms with van der Waals surface area (Å²) in [6.45, 7) is 2.63. The summed E-state index contributed by atoms with van der Waals surface area (Å²) in [6, 6.07) is 21.3. The molecule has 0 heterocycles. The Morgan fingerprint density at radius 2 is 0.870 bits per heavy atom. The molecule has 2 atom stereocenters. The second kappa shape index (κ2) is 26.4. The van der Waals surface area contributed by atoms with E-state index in [1.165, 1.54) is 0 Å². The van der Waals surface area contributed by atoms with Crippen LogP contribution in [0.2, 0.25) is 0 Å². The van der Waals surface area contributed by atoms with Gasteiger partial charge >= 0.3 is 0 Å². The minimum atomic E-state index is -0.474. The molecule has 0 bridgehead atoms. The molecular weight excluding hydrogens is 670 g/mol. The summed E-state index contributed by atoms with van der Waals surface area (Å²) in [5, 5.41) is 38.4. The third-order valence-electron chi connectivity index (χ3n) is 6.07. The summed E-state index contributed by atoms with van der Waals surface area (Å²) in [6.07, 6.45) is 15.4. The van der Waals surface area contributed by atoms with Crippen molar-refractivity contribution in [1.29, 1.82) is 0 Å². The molecular formula is C34H42Mn2N4O6. The van der Waals surface area contributed by atoms with Gasteiger partial charge in [-0.25, -0.2) is 0 Å². The van der Waals surface area contributed by atoms with Gasteiger partial charge in [0.15, 0.2) is 0 Å². The molecule has 46 heavy (non-hydrogen) atoms. The van der Waals surface area contributed by atoms with Gasteiger partial charge in [0, 0.05) is 108 Å². The Bertz CT molecular complexity index is 1370. The van der Waals surface area contributed by atoms with E-state index < -0.39 is 6.10 Å². The first-order chi connectivity index (χ1) is 20.5.